The van der Waals surface area contributed by atoms with E-state index in [1.165, 1.54) is 40.6 Å². The van der Waals surface area contributed by atoms with E-state index in [-0.39, 0.29) is 33.3 Å². The number of ether oxygens (including phenoxy) is 1. The van der Waals surface area contributed by atoms with Crippen molar-refractivity contribution in [1.82, 2.24) is 4.98 Å². The number of fused-ring (bicyclic) bond motifs is 1. The summed E-state index contributed by atoms with van der Waals surface area (Å²) in [5.41, 5.74) is -0.650. The van der Waals surface area contributed by atoms with Gasteiger partial charge in [0.05, 0.1) is 21.8 Å². The van der Waals surface area contributed by atoms with Crippen molar-refractivity contribution in [3.05, 3.63) is 58.0 Å². The van der Waals surface area contributed by atoms with Crippen LogP contribution < -0.4 is 14.4 Å². The van der Waals surface area contributed by atoms with Crippen molar-refractivity contribution in [1.29, 1.82) is 0 Å². The van der Waals surface area contributed by atoms with Gasteiger partial charge < -0.3 is 4.74 Å². The summed E-state index contributed by atoms with van der Waals surface area (Å²) in [6.07, 6.45) is -3.02. The Morgan fingerprint density at radius 2 is 1.97 bits per heavy atom. The quantitative estimate of drug-likeness (QED) is 0.521. The number of carbonyl (C=O) groups excluding carboxylic acids is 1. The van der Waals surface area contributed by atoms with Crippen LogP contribution in [-0.2, 0) is 21.0 Å². The first kappa shape index (κ1) is 21.6. The molecule has 1 aliphatic heterocycles. The lowest BCUT2D eigenvalue weighted by atomic mass is 10.2. The van der Waals surface area contributed by atoms with Crippen molar-refractivity contribution in [2.45, 2.75) is 11.1 Å². The molecule has 3 aromatic rings. The second-order valence-corrected chi connectivity index (χ2v) is 9.67. The van der Waals surface area contributed by atoms with Gasteiger partial charge in [-0.3, -0.25) is 9.52 Å². The Bertz CT molecular complexity index is 1260. The molecule has 0 bridgehead atoms. The van der Waals surface area contributed by atoms with Crippen molar-refractivity contribution >= 4 is 59.7 Å². The number of alkyl halides is 3. The molecule has 0 radical (unpaired) electrons. The normalized spacial score (nSPS) is 14.2. The predicted molar refractivity (Wildman–Crippen MR) is 111 cm³/mol. The van der Waals surface area contributed by atoms with Crippen LogP contribution in [0.2, 0.25) is 0 Å². The van der Waals surface area contributed by atoms with Crippen molar-refractivity contribution in [3.8, 4) is 5.75 Å². The Morgan fingerprint density at radius 1 is 1.19 bits per heavy atom. The highest BCUT2D eigenvalue weighted by Gasteiger charge is 2.32. The smallest absolute Gasteiger partial charge is 0.416 e. The number of thiazole rings is 1. The minimum Gasteiger partial charge on any atom is -0.481 e. The number of halogens is 4. The number of anilines is 3. The van der Waals surface area contributed by atoms with E-state index >= 15 is 0 Å². The van der Waals surface area contributed by atoms with Gasteiger partial charge in [0, 0.05) is 22.1 Å². The standard InChI is InChI=1S/C18H11BrF3N3O4S2/c19-12-7-10(18(20,21)22)1-3-13(12)24-31(27,28)11-2-4-14-15(8-11)29-9-16(26)25(14)17-23-5-6-30-17/h1-8,24H,9H2. The number of rotatable bonds is 4. The van der Waals surface area contributed by atoms with Gasteiger partial charge >= 0.3 is 6.18 Å². The zero-order valence-corrected chi connectivity index (χ0v) is 18.4. The molecule has 0 spiro atoms. The van der Waals surface area contributed by atoms with Gasteiger partial charge in [-0.2, -0.15) is 13.2 Å². The number of hydrogen-bond acceptors (Lipinski definition) is 6. The summed E-state index contributed by atoms with van der Waals surface area (Å²) in [6, 6.07) is 6.48. The van der Waals surface area contributed by atoms with E-state index in [9.17, 15) is 26.4 Å². The van der Waals surface area contributed by atoms with E-state index in [0.717, 1.165) is 18.2 Å². The zero-order chi connectivity index (χ0) is 22.4. The maximum absolute atomic E-state index is 12.8. The maximum atomic E-state index is 12.8. The Hall–Kier alpha value is -2.64. The van der Waals surface area contributed by atoms with E-state index < -0.39 is 21.8 Å². The molecule has 2 heterocycles. The molecule has 162 valence electrons. The molecule has 0 aliphatic carbocycles. The summed E-state index contributed by atoms with van der Waals surface area (Å²) in [6.45, 7) is -0.298. The van der Waals surface area contributed by atoms with Crippen molar-refractivity contribution in [3.63, 3.8) is 0 Å². The molecule has 1 N–H and O–H groups in total. The van der Waals surface area contributed by atoms with Crippen LogP contribution in [0.5, 0.6) is 5.75 Å². The van der Waals surface area contributed by atoms with Gasteiger partial charge in [0.1, 0.15) is 5.75 Å². The second kappa shape index (κ2) is 7.80. The first-order valence-corrected chi connectivity index (χ1v) is 11.6. The molecule has 4 rings (SSSR count). The van der Waals surface area contributed by atoms with E-state index in [1.807, 2.05) is 0 Å². The summed E-state index contributed by atoms with van der Waals surface area (Å²) in [7, 11) is -4.16. The van der Waals surface area contributed by atoms with Gasteiger partial charge in [0.25, 0.3) is 15.9 Å². The molecule has 0 unspecified atom stereocenters. The van der Waals surface area contributed by atoms with Crippen LogP contribution in [0.1, 0.15) is 5.56 Å². The molecule has 0 saturated carbocycles. The lowest BCUT2D eigenvalue weighted by Crippen LogP contribution is -2.35. The third-order valence-electron chi connectivity index (χ3n) is 4.23. The molecule has 1 aliphatic rings. The summed E-state index contributed by atoms with van der Waals surface area (Å²) < 4.78 is 71.6. The summed E-state index contributed by atoms with van der Waals surface area (Å²) in [5, 5.41) is 2.11. The fourth-order valence-electron chi connectivity index (χ4n) is 2.81. The second-order valence-electron chi connectivity index (χ2n) is 6.26. The number of amides is 1. The van der Waals surface area contributed by atoms with Gasteiger partial charge in [-0.05, 0) is 46.3 Å². The summed E-state index contributed by atoms with van der Waals surface area (Å²) >= 11 is 4.20. The maximum Gasteiger partial charge on any atom is 0.416 e. The predicted octanol–water partition coefficient (Wildman–Crippen LogP) is 4.78. The minimum atomic E-state index is -4.56. The fourth-order valence-corrected chi connectivity index (χ4v) is 5.19. The molecular formula is C18H11BrF3N3O4S2. The van der Waals surface area contributed by atoms with Crippen molar-refractivity contribution in [2.24, 2.45) is 0 Å². The summed E-state index contributed by atoms with van der Waals surface area (Å²) in [4.78, 5) is 17.5. The van der Waals surface area contributed by atoms with E-state index in [1.54, 1.807) is 5.38 Å². The Balaban J connectivity index is 1.65. The Labute approximate surface area is 186 Å². The topological polar surface area (TPSA) is 88.6 Å². The van der Waals surface area contributed by atoms with Crippen LogP contribution >= 0.6 is 27.3 Å². The number of nitrogens with one attached hydrogen (secondary N) is 1. The highest BCUT2D eigenvalue weighted by atomic mass is 79.9. The number of sulfonamides is 1. The molecule has 0 saturated heterocycles. The van der Waals surface area contributed by atoms with Gasteiger partial charge in [0.2, 0.25) is 0 Å². The average Bonchev–Trinajstić information content (AvgIpc) is 3.22. The molecule has 0 atom stereocenters. The molecule has 1 amide bonds. The third kappa shape index (κ3) is 4.25. The molecule has 0 fully saturated rings. The minimum absolute atomic E-state index is 0.0637. The van der Waals surface area contributed by atoms with Crippen LogP contribution in [0.15, 0.2) is 57.3 Å². The molecule has 7 nitrogen and oxygen atoms in total. The summed E-state index contributed by atoms with van der Waals surface area (Å²) in [5.74, 6) is -0.200. The van der Waals surface area contributed by atoms with Crippen LogP contribution in [0.3, 0.4) is 0 Å². The van der Waals surface area contributed by atoms with Gasteiger partial charge in [-0.1, -0.05) is 0 Å². The average molecular weight is 534 g/mol. The van der Waals surface area contributed by atoms with Gasteiger partial charge in [0.15, 0.2) is 11.7 Å². The third-order valence-corrected chi connectivity index (χ3v) is 7.01. The number of aromatic nitrogens is 1. The van der Waals surface area contributed by atoms with Gasteiger partial charge in [-0.25, -0.2) is 18.3 Å². The van der Waals surface area contributed by atoms with E-state index in [0.29, 0.717) is 10.8 Å². The highest BCUT2D eigenvalue weighted by Crippen LogP contribution is 2.40. The molecular weight excluding hydrogens is 523 g/mol. The van der Waals surface area contributed by atoms with E-state index in [2.05, 4.69) is 25.6 Å². The largest absolute Gasteiger partial charge is 0.481 e. The molecule has 1 aromatic heterocycles. The first-order chi connectivity index (χ1) is 14.6. The zero-order valence-electron chi connectivity index (χ0n) is 15.2. The lowest BCUT2D eigenvalue weighted by Gasteiger charge is -2.27. The van der Waals surface area contributed by atoms with Gasteiger partial charge in [-0.15, -0.1) is 11.3 Å². The highest BCUT2D eigenvalue weighted by molar-refractivity contribution is 9.10. The van der Waals surface area contributed by atoms with Crippen LogP contribution in [0, 0.1) is 0 Å². The monoisotopic (exact) mass is 533 g/mol. The molecule has 31 heavy (non-hydrogen) atoms. The molecule has 13 heteroatoms. The number of carbonyl (C=O) groups is 1. The van der Waals surface area contributed by atoms with Crippen LogP contribution in [0.4, 0.5) is 29.7 Å². The number of nitrogens with zero attached hydrogens (tertiary/aromatic N) is 2. The molecule has 2 aromatic carbocycles. The Morgan fingerprint density at radius 3 is 2.61 bits per heavy atom. The fraction of sp³-hybridized carbons (Fsp3) is 0.111. The lowest BCUT2D eigenvalue weighted by molar-refractivity contribution is -0.137. The first-order valence-electron chi connectivity index (χ1n) is 8.45. The van der Waals surface area contributed by atoms with Crippen LogP contribution in [-0.4, -0.2) is 25.9 Å². The number of benzene rings is 2. The van der Waals surface area contributed by atoms with Crippen molar-refractivity contribution < 1.29 is 31.1 Å². The van der Waals surface area contributed by atoms with E-state index in [4.69, 9.17) is 4.74 Å². The SMILES string of the molecule is O=C1COc2cc(S(=O)(=O)Nc3ccc(C(F)(F)F)cc3Br)ccc2N1c1nccs1. The Kier molecular flexibility index (Phi) is 5.43. The van der Waals surface area contributed by atoms with Crippen molar-refractivity contribution in [2.75, 3.05) is 16.2 Å². The van der Waals surface area contributed by atoms with Crippen LogP contribution in [0.25, 0.3) is 0 Å². The number of hydrogen-bond donors (Lipinski definition) is 1.